The highest BCUT2D eigenvalue weighted by atomic mass is 16.4. The fraction of sp³-hybridized carbons (Fsp3) is 0.750. The van der Waals surface area contributed by atoms with E-state index < -0.39 is 5.97 Å². The molecule has 0 heterocycles. The summed E-state index contributed by atoms with van der Waals surface area (Å²) in [5, 5.41) is 8.72. The van der Waals surface area contributed by atoms with E-state index in [1.807, 2.05) is 0 Å². The van der Waals surface area contributed by atoms with Gasteiger partial charge in [-0.1, -0.05) is 32.9 Å². The fourth-order valence-electron chi connectivity index (χ4n) is 2.06. The quantitative estimate of drug-likeness (QED) is 0.689. The molecule has 0 aliphatic heterocycles. The van der Waals surface area contributed by atoms with Crippen LogP contribution in [-0.2, 0) is 4.79 Å². The number of hydrogen-bond donors (Lipinski definition) is 1. The Morgan fingerprint density at radius 3 is 2.64 bits per heavy atom. The van der Waals surface area contributed by atoms with Gasteiger partial charge in [-0.2, -0.15) is 0 Å². The van der Waals surface area contributed by atoms with Crippen molar-refractivity contribution >= 4 is 5.97 Å². The molecule has 2 nitrogen and oxygen atoms in total. The first-order chi connectivity index (χ1) is 6.39. The third kappa shape index (κ3) is 3.17. The molecule has 1 aliphatic rings. The van der Waals surface area contributed by atoms with E-state index >= 15 is 0 Å². The van der Waals surface area contributed by atoms with Crippen molar-refractivity contribution < 1.29 is 9.90 Å². The molecule has 80 valence electrons. The molecule has 0 aromatic carbocycles. The zero-order chi connectivity index (χ0) is 10.8. The minimum absolute atomic E-state index is 0.241. The second kappa shape index (κ2) is 4.16. The third-order valence-electron chi connectivity index (χ3n) is 3.08. The molecular formula is C12H20O2. The maximum Gasteiger partial charge on any atom is 0.303 e. The molecule has 0 bridgehead atoms. The maximum absolute atomic E-state index is 10.6. The molecule has 14 heavy (non-hydrogen) atoms. The Balaban J connectivity index is 2.56. The lowest BCUT2D eigenvalue weighted by Crippen LogP contribution is -2.25. The van der Waals surface area contributed by atoms with E-state index in [-0.39, 0.29) is 12.3 Å². The molecule has 2 atom stereocenters. The highest BCUT2D eigenvalue weighted by Gasteiger charge is 2.28. The molecule has 0 spiro atoms. The first kappa shape index (κ1) is 11.3. The second-order valence-corrected chi connectivity index (χ2v) is 5.32. The van der Waals surface area contributed by atoms with Gasteiger partial charge in [-0.25, -0.2) is 0 Å². The van der Waals surface area contributed by atoms with Crippen LogP contribution in [0.25, 0.3) is 0 Å². The molecule has 0 radical (unpaired) electrons. The van der Waals surface area contributed by atoms with Crippen LogP contribution in [0.5, 0.6) is 0 Å². The van der Waals surface area contributed by atoms with E-state index in [4.69, 9.17) is 5.11 Å². The van der Waals surface area contributed by atoms with E-state index in [1.165, 1.54) is 0 Å². The summed E-state index contributed by atoms with van der Waals surface area (Å²) in [6.07, 6.45) is 6.61. The second-order valence-electron chi connectivity index (χ2n) is 5.32. The number of carboxylic acids is 1. The fourth-order valence-corrected chi connectivity index (χ4v) is 2.06. The van der Waals surface area contributed by atoms with Gasteiger partial charge in [0, 0.05) is 0 Å². The normalized spacial score (nSPS) is 27.6. The third-order valence-corrected chi connectivity index (χ3v) is 3.08. The number of aliphatic carboxylic acids is 1. The Morgan fingerprint density at radius 2 is 2.14 bits per heavy atom. The van der Waals surface area contributed by atoms with Gasteiger partial charge in [0.1, 0.15) is 0 Å². The molecule has 1 N–H and O–H groups in total. The van der Waals surface area contributed by atoms with Crippen molar-refractivity contribution in [3.05, 3.63) is 12.2 Å². The first-order valence-electron chi connectivity index (χ1n) is 5.28. The van der Waals surface area contributed by atoms with Gasteiger partial charge in [-0.05, 0) is 30.1 Å². The van der Waals surface area contributed by atoms with Crippen molar-refractivity contribution in [3.8, 4) is 0 Å². The lowest BCUT2D eigenvalue weighted by molar-refractivity contribution is -0.137. The zero-order valence-corrected chi connectivity index (χ0v) is 9.29. The van der Waals surface area contributed by atoms with Gasteiger partial charge in [-0.3, -0.25) is 4.79 Å². The minimum atomic E-state index is -0.686. The Morgan fingerprint density at radius 1 is 1.50 bits per heavy atom. The van der Waals surface area contributed by atoms with Crippen LogP contribution in [0.3, 0.4) is 0 Å². The summed E-state index contributed by atoms with van der Waals surface area (Å²) in [5.41, 5.74) is 0.293. The van der Waals surface area contributed by atoms with Crippen molar-refractivity contribution in [3.63, 3.8) is 0 Å². The van der Waals surface area contributed by atoms with Crippen LogP contribution in [0, 0.1) is 17.3 Å². The number of carboxylic acid groups (broad SMARTS) is 1. The van der Waals surface area contributed by atoms with Crippen molar-refractivity contribution in [2.24, 2.45) is 17.3 Å². The molecule has 2 unspecified atom stereocenters. The number of allylic oxidation sites excluding steroid dienone is 2. The molecule has 0 aromatic rings. The molecule has 0 aromatic heterocycles. The summed E-state index contributed by atoms with van der Waals surface area (Å²) in [7, 11) is 0. The van der Waals surface area contributed by atoms with Gasteiger partial charge in [0.25, 0.3) is 0 Å². The molecule has 2 heteroatoms. The summed E-state index contributed by atoms with van der Waals surface area (Å²) < 4.78 is 0. The molecule has 0 saturated carbocycles. The van der Waals surface area contributed by atoms with Crippen LogP contribution in [0.1, 0.15) is 40.0 Å². The van der Waals surface area contributed by atoms with Crippen LogP contribution < -0.4 is 0 Å². The van der Waals surface area contributed by atoms with Gasteiger partial charge in [0.05, 0.1) is 6.42 Å². The number of rotatable bonds is 2. The highest BCUT2D eigenvalue weighted by Crippen LogP contribution is 2.38. The van der Waals surface area contributed by atoms with Crippen molar-refractivity contribution in [2.75, 3.05) is 0 Å². The van der Waals surface area contributed by atoms with Gasteiger partial charge >= 0.3 is 5.97 Å². The van der Waals surface area contributed by atoms with Crippen LogP contribution in [0.2, 0.25) is 0 Å². The Bertz CT molecular complexity index is 235. The average Bonchev–Trinajstić information content (AvgIpc) is 2.01. The van der Waals surface area contributed by atoms with E-state index in [0.717, 1.165) is 12.8 Å². The molecular weight excluding hydrogens is 176 g/mol. The SMILES string of the molecule is CC(C)(C)C1CC=CC(CC(=O)O)C1. The smallest absolute Gasteiger partial charge is 0.303 e. The van der Waals surface area contributed by atoms with Crippen molar-refractivity contribution in [1.29, 1.82) is 0 Å². The van der Waals surface area contributed by atoms with Gasteiger partial charge in [-0.15, -0.1) is 0 Å². The van der Waals surface area contributed by atoms with E-state index in [1.54, 1.807) is 0 Å². The van der Waals surface area contributed by atoms with Crippen LogP contribution >= 0.6 is 0 Å². The molecule has 0 fully saturated rings. The van der Waals surface area contributed by atoms with Crippen molar-refractivity contribution in [2.45, 2.75) is 40.0 Å². The summed E-state index contributed by atoms with van der Waals surface area (Å²) in [4.78, 5) is 10.6. The summed E-state index contributed by atoms with van der Waals surface area (Å²) in [6, 6.07) is 0. The number of hydrogen-bond acceptors (Lipinski definition) is 1. The maximum atomic E-state index is 10.6. The van der Waals surface area contributed by atoms with E-state index in [2.05, 4.69) is 32.9 Å². The lowest BCUT2D eigenvalue weighted by atomic mass is 9.71. The highest BCUT2D eigenvalue weighted by molar-refractivity contribution is 5.67. The van der Waals surface area contributed by atoms with Gasteiger partial charge < -0.3 is 5.11 Å². The Hall–Kier alpha value is -0.790. The Kier molecular flexibility index (Phi) is 3.35. The minimum Gasteiger partial charge on any atom is -0.481 e. The van der Waals surface area contributed by atoms with Crippen molar-refractivity contribution in [1.82, 2.24) is 0 Å². The van der Waals surface area contributed by atoms with Gasteiger partial charge in [0.15, 0.2) is 0 Å². The topological polar surface area (TPSA) is 37.3 Å². The Labute approximate surface area is 86.0 Å². The van der Waals surface area contributed by atoms with Crippen LogP contribution in [-0.4, -0.2) is 11.1 Å². The predicted molar refractivity (Wildman–Crippen MR) is 57.1 cm³/mol. The summed E-state index contributed by atoms with van der Waals surface area (Å²) in [6.45, 7) is 6.69. The van der Waals surface area contributed by atoms with Crippen LogP contribution in [0.4, 0.5) is 0 Å². The zero-order valence-electron chi connectivity index (χ0n) is 9.29. The predicted octanol–water partition coefficient (Wildman–Crippen LogP) is 3.09. The average molecular weight is 196 g/mol. The largest absolute Gasteiger partial charge is 0.481 e. The summed E-state index contributed by atoms with van der Waals surface area (Å²) >= 11 is 0. The van der Waals surface area contributed by atoms with Gasteiger partial charge in [0.2, 0.25) is 0 Å². The first-order valence-corrected chi connectivity index (χ1v) is 5.28. The molecule has 1 aliphatic carbocycles. The van der Waals surface area contributed by atoms with E-state index in [0.29, 0.717) is 11.3 Å². The monoisotopic (exact) mass is 196 g/mol. The standard InChI is InChI=1S/C12H20O2/c1-12(2,3)10-6-4-5-9(7-10)8-11(13)14/h4-5,9-10H,6-8H2,1-3H3,(H,13,14). The lowest BCUT2D eigenvalue weighted by Gasteiger charge is -2.34. The van der Waals surface area contributed by atoms with E-state index in [9.17, 15) is 4.79 Å². The molecule has 0 amide bonds. The molecule has 0 saturated heterocycles. The summed E-state index contributed by atoms with van der Waals surface area (Å²) in [5.74, 6) is 0.177. The number of carbonyl (C=O) groups is 1. The van der Waals surface area contributed by atoms with Crippen LogP contribution in [0.15, 0.2) is 12.2 Å². The molecule has 1 rings (SSSR count).